The summed E-state index contributed by atoms with van der Waals surface area (Å²) >= 11 is 1.52. The van der Waals surface area contributed by atoms with Crippen LogP contribution in [0.3, 0.4) is 0 Å². The van der Waals surface area contributed by atoms with E-state index in [1.54, 1.807) is 35.1 Å². The van der Waals surface area contributed by atoms with Gasteiger partial charge in [0.05, 0.1) is 27.1 Å². The highest BCUT2D eigenvalue weighted by Gasteiger charge is 2.21. The Balaban J connectivity index is 1.62. The van der Waals surface area contributed by atoms with Gasteiger partial charge in [0.1, 0.15) is 5.69 Å². The van der Waals surface area contributed by atoms with E-state index in [1.807, 2.05) is 54.8 Å². The molecule has 8 heteroatoms. The summed E-state index contributed by atoms with van der Waals surface area (Å²) in [6, 6.07) is 19.7. The molecule has 0 bridgehead atoms. The van der Waals surface area contributed by atoms with Gasteiger partial charge in [-0.1, -0.05) is 36.4 Å². The molecule has 1 amide bonds. The van der Waals surface area contributed by atoms with Crippen molar-refractivity contribution in [2.45, 2.75) is 17.9 Å². The van der Waals surface area contributed by atoms with Gasteiger partial charge in [-0.25, -0.2) is 13.1 Å². The van der Waals surface area contributed by atoms with E-state index in [2.05, 4.69) is 10.4 Å². The molecule has 4 rings (SSSR count). The van der Waals surface area contributed by atoms with Crippen LogP contribution in [0, 0.1) is 0 Å². The first-order valence-corrected chi connectivity index (χ1v) is 12.4. The van der Waals surface area contributed by atoms with Crippen LogP contribution < -0.4 is 5.32 Å². The number of sulfone groups is 1. The minimum absolute atomic E-state index is 0.245. The minimum Gasteiger partial charge on any atom is -0.345 e. The third-order valence-corrected chi connectivity index (χ3v) is 6.90. The van der Waals surface area contributed by atoms with Crippen molar-refractivity contribution in [1.82, 2.24) is 15.1 Å². The van der Waals surface area contributed by atoms with Crippen LogP contribution in [0.5, 0.6) is 0 Å². The number of hydrogen-bond acceptors (Lipinski definition) is 5. The number of amides is 1. The molecule has 0 spiro atoms. The number of carbonyl (C=O) groups excluding carboxylic acids is 1. The van der Waals surface area contributed by atoms with Gasteiger partial charge in [0, 0.05) is 12.5 Å². The first-order chi connectivity index (χ1) is 14.8. The summed E-state index contributed by atoms with van der Waals surface area (Å²) in [5.74, 6) is -0.245. The molecule has 0 aliphatic carbocycles. The molecule has 4 aromatic rings. The molecule has 2 aromatic carbocycles. The fourth-order valence-electron chi connectivity index (χ4n) is 3.21. The largest absolute Gasteiger partial charge is 0.345 e. The Labute approximate surface area is 185 Å². The van der Waals surface area contributed by atoms with Crippen LogP contribution in [0.25, 0.3) is 16.3 Å². The van der Waals surface area contributed by atoms with Gasteiger partial charge < -0.3 is 5.32 Å². The summed E-state index contributed by atoms with van der Waals surface area (Å²) in [5, 5.41) is 9.61. The lowest BCUT2D eigenvalue weighted by molar-refractivity contribution is 0.0940. The van der Waals surface area contributed by atoms with E-state index in [-0.39, 0.29) is 16.8 Å². The van der Waals surface area contributed by atoms with Gasteiger partial charge in [-0.15, -0.1) is 11.3 Å². The lowest BCUT2D eigenvalue weighted by Gasteiger charge is -2.14. The van der Waals surface area contributed by atoms with Crippen LogP contribution in [0.1, 0.15) is 28.9 Å². The van der Waals surface area contributed by atoms with E-state index in [0.29, 0.717) is 11.3 Å². The fraction of sp³-hybridized carbons (Fsp3) is 0.130. The average Bonchev–Trinajstić information content (AvgIpc) is 3.44. The lowest BCUT2D eigenvalue weighted by Crippen LogP contribution is -2.26. The van der Waals surface area contributed by atoms with Crippen LogP contribution in [-0.4, -0.2) is 30.4 Å². The van der Waals surface area contributed by atoms with Crippen molar-refractivity contribution >= 4 is 27.1 Å². The topological polar surface area (TPSA) is 81.1 Å². The number of carbonyl (C=O) groups is 1. The van der Waals surface area contributed by atoms with E-state index >= 15 is 0 Å². The SMILES string of the molecule is CC(NC(=O)c1cn(-c2ccccc2)nc1-c1cccs1)c1ccc(S(C)(=O)=O)cc1. The highest BCUT2D eigenvalue weighted by Crippen LogP contribution is 2.28. The van der Waals surface area contributed by atoms with Crippen molar-refractivity contribution in [2.75, 3.05) is 6.26 Å². The van der Waals surface area contributed by atoms with Crippen molar-refractivity contribution in [1.29, 1.82) is 0 Å². The average molecular weight is 452 g/mol. The van der Waals surface area contributed by atoms with Gasteiger partial charge in [-0.2, -0.15) is 5.10 Å². The predicted molar refractivity (Wildman–Crippen MR) is 122 cm³/mol. The van der Waals surface area contributed by atoms with Crippen molar-refractivity contribution < 1.29 is 13.2 Å². The monoisotopic (exact) mass is 451 g/mol. The van der Waals surface area contributed by atoms with Crippen LogP contribution >= 0.6 is 11.3 Å². The summed E-state index contributed by atoms with van der Waals surface area (Å²) in [4.78, 5) is 14.3. The molecular formula is C23H21N3O3S2. The summed E-state index contributed by atoms with van der Waals surface area (Å²) in [6.07, 6.45) is 2.91. The molecule has 0 aliphatic heterocycles. The van der Waals surface area contributed by atoms with E-state index in [9.17, 15) is 13.2 Å². The predicted octanol–water partition coefficient (Wildman–Crippen LogP) is 4.50. The molecule has 0 saturated heterocycles. The second-order valence-electron chi connectivity index (χ2n) is 7.19. The summed E-state index contributed by atoms with van der Waals surface area (Å²) in [6.45, 7) is 1.86. The normalized spacial score (nSPS) is 12.5. The van der Waals surface area contributed by atoms with Crippen molar-refractivity contribution in [3.05, 3.63) is 89.4 Å². The Morgan fingerprint density at radius 3 is 2.35 bits per heavy atom. The quantitative estimate of drug-likeness (QED) is 0.468. The Bertz CT molecular complexity index is 1290. The zero-order valence-electron chi connectivity index (χ0n) is 17.0. The molecule has 2 heterocycles. The Hall–Kier alpha value is -3.23. The zero-order valence-corrected chi connectivity index (χ0v) is 18.7. The Morgan fingerprint density at radius 2 is 1.74 bits per heavy atom. The molecule has 0 radical (unpaired) electrons. The molecule has 1 unspecified atom stereocenters. The van der Waals surface area contributed by atoms with Crippen LogP contribution in [0.4, 0.5) is 0 Å². The highest BCUT2D eigenvalue weighted by molar-refractivity contribution is 7.90. The van der Waals surface area contributed by atoms with Gasteiger partial charge in [0.2, 0.25) is 0 Å². The fourth-order valence-corrected chi connectivity index (χ4v) is 4.56. The number of nitrogens with zero attached hydrogens (tertiary/aromatic N) is 2. The highest BCUT2D eigenvalue weighted by atomic mass is 32.2. The van der Waals surface area contributed by atoms with Gasteiger partial charge in [0.25, 0.3) is 5.91 Å². The maximum absolute atomic E-state index is 13.2. The Morgan fingerprint density at radius 1 is 1.03 bits per heavy atom. The minimum atomic E-state index is -3.26. The molecule has 2 aromatic heterocycles. The number of thiophene rings is 1. The number of hydrogen-bond donors (Lipinski definition) is 1. The lowest BCUT2D eigenvalue weighted by atomic mass is 10.1. The number of rotatable bonds is 6. The van der Waals surface area contributed by atoms with E-state index in [4.69, 9.17) is 0 Å². The zero-order chi connectivity index (χ0) is 22.0. The van der Waals surface area contributed by atoms with Gasteiger partial charge in [-0.05, 0) is 48.2 Å². The first kappa shape index (κ1) is 21.0. The third kappa shape index (κ3) is 4.60. The summed E-state index contributed by atoms with van der Waals surface area (Å²) < 4.78 is 25.0. The molecule has 1 atom stereocenters. The van der Waals surface area contributed by atoms with Gasteiger partial charge >= 0.3 is 0 Å². The molecule has 158 valence electrons. The third-order valence-electron chi connectivity index (χ3n) is 4.89. The number of aromatic nitrogens is 2. The van der Waals surface area contributed by atoms with E-state index in [1.165, 1.54) is 17.6 Å². The van der Waals surface area contributed by atoms with Gasteiger partial charge in [0.15, 0.2) is 9.84 Å². The molecule has 6 nitrogen and oxygen atoms in total. The van der Waals surface area contributed by atoms with Crippen LogP contribution in [-0.2, 0) is 9.84 Å². The van der Waals surface area contributed by atoms with Gasteiger partial charge in [-0.3, -0.25) is 4.79 Å². The smallest absolute Gasteiger partial charge is 0.255 e. The molecule has 0 fully saturated rings. The van der Waals surface area contributed by atoms with Crippen molar-refractivity contribution in [2.24, 2.45) is 0 Å². The summed E-state index contributed by atoms with van der Waals surface area (Å²) in [7, 11) is -3.26. The number of nitrogens with one attached hydrogen (secondary N) is 1. The van der Waals surface area contributed by atoms with E-state index < -0.39 is 9.84 Å². The van der Waals surface area contributed by atoms with Crippen LogP contribution in [0.15, 0.2) is 83.2 Å². The summed E-state index contributed by atoms with van der Waals surface area (Å²) in [5.41, 5.74) is 2.78. The molecular weight excluding hydrogens is 430 g/mol. The van der Waals surface area contributed by atoms with Crippen molar-refractivity contribution in [3.63, 3.8) is 0 Å². The van der Waals surface area contributed by atoms with Crippen LogP contribution in [0.2, 0.25) is 0 Å². The maximum Gasteiger partial charge on any atom is 0.255 e. The molecule has 0 saturated carbocycles. The molecule has 0 aliphatic rings. The second kappa shape index (κ2) is 8.49. The van der Waals surface area contributed by atoms with E-state index in [0.717, 1.165) is 16.1 Å². The maximum atomic E-state index is 13.2. The number of para-hydroxylation sites is 1. The molecule has 31 heavy (non-hydrogen) atoms. The number of benzene rings is 2. The second-order valence-corrected chi connectivity index (χ2v) is 10.1. The molecule has 1 N–H and O–H groups in total. The van der Waals surface area contributed by atoms with Crippen molar-refractivity contribution in [3.8, 4) is 16.3 Å². The first-order valence-electron chi connectivity index (χ1n) is 9.63. The standard InChI is InChI=1S/C23H21N3O3S2/c1-16(17-10-12-19(13-11-17)31(2,28)29)24-23(27)20-15-26(18-7-4-3-5-8-18)25-22(20)21-9-6-14-30-21/h3-16H,1-2H3,(H,24,27). The Kier molecular flexibility index (Phi) is 5.75.